The number of hydrogen-bond acceptors (Lipinski definition) is 5. The van der Waals surface area contributed by atoms with Crippen molar-refractivity contribution < 1.29 is 14.7 Å². The van der Waals surface area contributed by atoms with E-state index in [0.717, 1.165) is 0 Å². The van der Waals surface area contributed by atoms with Gasteiger partial charge in [0, 0.05) is 16.9 Å². The Morgan fingerprint density at radius 1 is 1.26 bits per heavy atom. The van der Waals surface area contributed by atoms with Gasteiger partial charge in [0.1, 0.15) is 11.8 Å². The van der Waals surface area contributed by atoms with Crippen LogP contribution in [0, 0.1) is 5.92 Å². The molecule has 0 aliphatic carbocycles. The minimum absolute atomic E-state index is 0.0286. The van der Waals surface area contributed by atoms with Crippen molar-refractivity contribution in [3.8, 4) is 0 Å². The fourth-order valence-electron chi connectivity index (χ4n) is 1.63. The third kappa shape index (κ3) is 6.94. The largest absolute Gasteiger partial charge is 0.480 e. The second kappa shape index (κ2) is 7.87. The van der Waals surface area contributed by atoms with Crippen molar-refractivity contribution in [1.29, 1.82) is 0 Å². The first-order valence-electron chi connectivity index (χ1n) is 6.48. The number of nitrogens with two attached hydrogens (primary N) is 2. The predicted octanol–water partition coefficient (Wildman–Crippen LogP) is 1.24. The first kappa shape index (κ1) is 18.4. The maximum absolute atomic E-state index is 11.8. The number of carboxylic acid groups (broad SMARTS) is 1. The van der Waals surface area contributed by atoms with Gasteiger partial charge < -0.3 is 16.6 Å². The lowest BCUT2D eigenvalue weighted by Crippen LogP contribution is -2.47. The van der Waals surface area contributed by atoms with E-state index in [4.69, 9.17) is 16.6 Å². The van der Waals surface area contributed by atoms with Crippen LogP contribution in [-0.2, 0) is 9.59 Å². The molecule has 0 aromatic heterocycles. The molecule has 0 spiro atoms. The summed E-state index contributed by atoms with van der Waals surface area (Å²) in [5, 5.41) is 8.89. The van der Waals surface area contributed by atoms with Gasteiger partial charge in [0.2, 0.25) is 0 Å². The van der Waals surface area contributed by atoms with Crippen LogP contribution in [0.5, 0.6) is 0 Å². The van der Waals surface area contributed by atoms with Crippen molar-refractivity contribution in [3.05, 3.63) is 0 Å². The van der Waals surface area contributed by atoms with Crippen molar-refractivity contribution in [2.45, 2.75) is 57.4 Å². The molecule has 0 aromatic rings. The molecule has 0 bridgehead atoms. The van der Waals surface area contributed by atoms with Crippen LogP contribution in [0.25, 0.3) is 0 Å². The summed E-state index contributed by atoms with van der Waals surface area (Å²) in [7, 11) is 0. The minimum Gasteiger partial charge on any atom is -0.480 e. The summed E-state index contributed by atoms with van der Waals surface area (Å²) in [6, 6.07) is -1.37. The standard InChI is InChI=1S/C13H26N2O3S/c1-8(2)7-9(14)10(16)5-6-19-13(3,4)11(15)12(17)18/h8-9,11H,5-7,14-15H2,1-4H3,(H,17,18)/t9-,11+/m0/s1. The number of Topliss-reactive ketones (excluding diaryl/α,β-unsaturated/α-hetero) is 1. The molecule has 2 atom stereocenters. The molecule has 0 amide bonds. The van der Waals surface area contributed by atoms with E-state index >= 15 is 0 Å². The van der Waals surface area contributed by atoms with Gasteiger partial charge in [-0.25, -0.2) is 0 Å². The molecule has 19 heavy (non-hydrogen) atoms. The third-order valence-electron chi connectivity index (χ3n) is 2.98. The van der Waals surface area contributed by atoms with Gasteiger partial charge in [-0.15, -0.1) is 0 Å². The molecule has 0 aliphatic rings. The Morgan fingerprint density at radius 2 is 1.79 bits per heavy atom. The Hall–Kier alpha value is -0.590. The Morgan fingerprint density at radius 3 is 2.21 bits per heavy atom. The van der Waals surface area contributed by atoms with E-state index in [-0.39, 0.29) is 5.78 Å². The lowest BCUT2D eigenvalue weighted by Gasteiger charge is -2.28. The zero-order valence-corrected chi connectivity index (χ0v) is 13.0. The van der Waals surface area contributed by atoms with Gasteiger partial charge in [-0.05, 0) is 26.2 Å². The molecule has 0 rings (SSSR count). The summed E-state index contributed by atoms with van der Waals surface area (Å²) in [6.07, 6.45) is 1.04. The second-order valence-electron chi connectivity index (χ2n) is 5.72. The molecule has 0 saturated heterocycles. The topological polar surface area (TPSA) is 106 Å². The molecule has 0 fully saturated rings. The van der Waals surface area contributed by atoms with Crippen LogP contribution in [0.3, 0.4) is 0 Å². The zero-order chi connectivity index (χ0) is 15.2. The van der Waals surface area contributed by atoms with Crippen molar-refractivity contribution >= 4 is 23.5 Å². The lowest BCUT2D eigenvalue weighted by molar-refractivity contribution is -0.139. The fraction of sp³-hybridized carbons (Fsp3) is 0.846. The average molecular weight is 290 g/mol. The van der Waals surface area contributed by atoms with Crippen molar-refractivity contribution in [3.63, 3.8) is 0 Å². The van der Waals surface area contributed by atoms with E-state index in [1.165, 1.54) is 11.8 Å². The Bertz CT molecular complexity index is 319. The molecular formula is C13H26N2O3S. The molecule has 5 nitrogen and oxygen atoms in total. The van der Waals surface area contributed by atoms with E-state index < -0.39 is 22.8 Å². The maximum atomic E-state index is 11.8. The monoisotopic (exact) mass is 290 g/mol. The van der Waals surface area contributed by atoms with Crippen LogP contribution >= 0.6 is 11.8 Å². The van der Waals surface area contributed by atoms with E-state index in [9.17, 15) is 9.59 Å². The van der Waals surface area contributed by atoms with Gasteiger partial charge in [0.15, 0.2) is 0 Å². The number of rotatable bonds is 9. The number of carbonyl (C=O) groups excluding carboxylic acids is 1. The van der Waals surface area contributed by atoms with E-state index in [1.807, 2.05) is 13.8 Å². The Balaban J connectivity index is 4.15. The van der Waals surface area contributed by atoms with Crippen molar-refractivity contribution in [2.75, 3.05) is 5.75 Å². The highest BCUT2D eigenvalue weighted by molar-refractivity contribution is 8.00. The summed E-state index contributed by atoms with van der Waals surface area (Å²) in [5.41, 5.74) is 11.4. The first-order valence-corrected chi connectivity index (χ1v) is 7.47. The number of aliphatic carboxylic acids is 1. The van der Waals surface area contributed by atoms with Crippen LogP contribution in [0.1, 0.15) is 40.5 Å². The van der Waals surface area contributed by atoms with Crippen LogP contribution in [-0.4, -0.2) is 39.4 Å². The molecule has 0 aliphatic heterocycles. The van der Waals surface area contributed by atoms with E-state index in [2.05, 4.69) is 0 Å². The average Bonchev–Trinajstić information content (AvgIpc) is 2.26. The number of thioether (sulfide) groups is 1. The molecular weight excluding hydrogens is 264 g/mol. The molecule has 6 heteroatoms. The van der Waals surface area contributed by atoms with Crippen LogP contribution in [0.4, 0.5) is 0 Å². The highest BCUT2D eigenvalue weighted by Gasteiger charge is 2.32. The third-order valence-corrected chi connectivity index (χ3v) is 4.38. The molecule has 0 radical (unpaired) electrons. The highest BCUT2D eigenvalue weighted by Crippen LogP contribution is 2.28. The van der Waals surface area contributed by atoms with Gasteiger partial charge in [0.25, 0.3) is 0 Å². The summed E-state index contributed by atoms with van der Waals surface area (Å²) in [6.45, 7) is 7.59. The normalized spacial score (nSPS) is 15.3. The number of hydrogen-bond donors (Lipinski definition) is 3. The number of carbonyl (C=O) groups is 2. The molecule has 0 aromatic carbocycles. The molecule has 0 unspecified atom stereocenters. The smallest absolute Gasteiger partial charge is 0.321 e. The number of ketones is 1. The van der Waals surface area contributed by atoms with Crippen LogP contribution in [0.15, 0.2) is 0 Å². The second-order valence-corrected chi connectivity index (χ2v) is 7.47. The van der Waals surface area contributed by atoms with Crippen molar-refractivity contribution in [1.82, 2.24) is 0 Å². The molecule has 5 N–H and O–H groups in total. The minimum atomic E-state index is -1.03. The first-order chi connectivity index (χ1) is 8.58. The van der Waals surface area contributed by atoms with Crippen molar-refractivity contribution in [2.24, 2.45) is 17.4 Å². The fourth-order valence-corrected chi connectivity index (χ4v) is 2.74. The van der Waals surface area contributed by atoms with E-state index in [1.54, 1.807) is 13.8 Å². The van der Waals surface area contributed by atoms with E-state index in [0.29, 0.717) is 24.5 Å². The van der Waals surface area contributed by atoms with Crippen LogP contribution in [0.2, 0.25) is 0 Å². The van der Waals surface area contributed by atoms with Gasteiger partial charge in [-0.3, -0.25) is 9.59 Å². The molecule has 112 valence electrons. The summed E-state index contributed by atoms with van der Waals surface area (Å²) >= 11 is 1.40. The lowest BCUT2D eigenvalue weighted by atomic mass is 10.00. The van der Waals surface area contributed by atoms with Gasteiger partial charge in [-0.2, -0.15) is 11.8 Å². The van der Waals surface area contributed by atoms with Gasteiger partial charge in [0.05, 0.1) is 6.04 Å². The quantitative estimate of drug-likeness (QED) is 0.590. The highest BCUT2D eigenvalue weighted by atomic mass is 32.2. The summed E-state index contributed by atoms with van der Waals surface area (Å²) < 4.78 is -0.603. The summed E-state index contributed by atoms with van der Waals surface area (Å²) in [4.78, 5) is 22.6. The van der Waals surface area contributed by atoms with Gasteiger partial charge in [-0.1, -0.05) is 13.8 Å². The van der Waals surface area contributed by atoms with Crippen LogP contribution < -0.4 is 11.5 Å². The predicted molar refractivity (Wildman–Crippen MR) is 79.2 cm³/mol. The maximum Gasteiger partial charge on any atom is 0.321 e. The Kier molecular flexibility index (Phi) is 7.62. The van der Waals surface area contributed by atoms with Gasteiger partial charge >= 0.3 is 5.97 Å². The zero-order valence-electron chi connectivity index (χ0n) is 12.2. The molecule has 0 heterocycles. The SMILES string of the molecule is CC(C)C[C@H](N)C(=O)CCSC(C)(C)[C@H](N)C(=O)O. The Labute approximate surface area is 119 Å². The summed E-state index contributed by atoms with van der Waals surface area (Å²) in [5.74, 6) is -0.0665. The number of carboxylic acids is 1. The molecule has 0 saturated carbocycles.